The molecule has 8 heteroatoms. The van der Waals surface area contributed by atoms with Crippen molar-refractivity contribution in [2.75, 3.05) is 5.75 Å². The molecular formula is C35H35NO6S. The van der Waals surface area contributed by atoms with Crippen molar-refractivity contribution in [1.29, 1.82) is 0 Å². The van der Waals surface area contributed by atoms with Gasteiger partial charge < -0.3 is 25.0 Å². The number of thioether (sulfide) groups is 1. The second-order valence-electron chi connectivity index (χ2n) is 10.5. The zero-order valence-electron chi connectivity index (χ0n) is 23.7. The summed E-state index contributed by atoms with van der Waals surface area (Å²) in [5, 5.41) is 21.0. The molecule has 0 spiro atoms. The van der Waals surface area contributed by atoms with E-state index in [1.54, 1.807) is 11.8 Å². The van der Waals surface area contributed by atoms with Gasteiger partial charge in [0.2, 0.25) is 5.91 Å². The maximum Gasteiger partial charge on any atom is 0.303 e. The molecule has 3 N–H and O–H groups in total. The van der Waals surface area contributed by atoms with Gasteiger partial charge in [-0.1, -0.05) is 84.9 Å². The van der Waals surface area contributed by atoms with Crippen molar-refractivity contribution >= 4 is 23.6 Å². The van der Waals surface area contributed by atoms with E-state index in [-0.39, 0.29) is 37.6 Å². The third-order valence-corrected chi connectivity index (χ3v) is 8.44. The quantitative estimate of drug-likeness (QED) is 0.157. The molecule has 0 bridgehead atoms. The van der Waals surface area contributed by atoms with Gasteiger partial charge in [-0.3, -0.25) is 9.59 Å². The van der Waals surface area contributed by atoms with Gasteiger partial charge in [-0.25, -0.2) is 0 Å². The van der Waals surface area contributed by atoms with Crippen LogP contribution in [-0.2, 0) is 32.2 Å². The Hall–Kier alpha value is -3.95. The Morgan fingerprint density at radius 1 is 0.791 bits per heavy atom. The van der Waals surface area contributed by atoms with Crippen LogP contribution in [0.5, 0.6) is 0 Å². The van der Waals surface area contributed by atoms with Gasteiger partial charge in [0.1, 0.15) is 0 Å². The van der Waals surface area contributed by atoms with E-state index < -0.39 is 12.3 Å². The molecule has 0 aromatic heterocycles. The van der Waals surface area contributed by atoms with Crippen LogP contribution in [0.1, 0.15) is 53.9 Å². The minimum absolute atomic E-state index is 0.00453. The first kappa shape index (κ1) is 30.5. The molecule has 43 heavy (non-hydrogen) atoms. The number of hydrogen-bond acceptors (Lipinski definition) is 6. The van der Waals surface area contributed by atoms with E-state index in [2.05, 4.69) is 17.4 Å². The summed E-state index contributed by atoms with van der Waals surface area (Å²) in [4.78, 5) is 23.8. The molecule has 3 atom stereocenters. The number of rotatable bonds is 12. The van der Waals surface area contributed by atoms with Gasteiger partial charge >= 0.3 is 5.97 Å². The average Bonchev–Trinajstić information content (AvgIpc) is 3.06. The summed E-state index contributed by atoms with van der Waals surface area (Å²) in [5.74, 6) is -0.474. The molecule has 1 saturated heterocycles. The second kappa shape index (κ2) is 15.0. The van der Waals surface area contributed by atoms with Gasteiger partial charge in [-0.05, 0) is 46.0 Å². The lowest BCUT2D eigenvalue weighted by Gasteiger charge is -2.36. The second-order valence-corrected chi connectivity index (χ2v) is 11.6. The van der Waals surface area contributed by atoms with E-state index in [4.69, 9.17) is 14.6 Å². The van der Waals surface area contributed by atoms with Crippen LogP contribution in [0.25, 0.3) is 11.1 Å². The number of amides is 1. The van der Waals surface area contributed by atoms with Crippen molar-refractivity contribution in [2.45, 2.75) is 55.8 Å². The normalized spacial score (nSPS) is 18.2. The first-order valence-electron chi connectivity index (χ1n) is 14.3. The van der Waals surface area contributed by atoms with E-state index in [1.165, 1.54) is 4.90 Å². The highest BCUT2D eigenvalue weighted by molar-refractivity contribution is 7.99. The summed E-state index contributed by atoms with van der Waals surface area (Å²) in [6.07, 6.45) is -0.187. The Balaban J connectivity index is 1.28. The maximum atomic E-state index is 11.9. The molecule has 222 valence electrons. The van der Waals surface area contributed by atoms with Gasteiger partial charge in [0.15, 0.2) is 6.29 Å². The Morgan fingerprint density at radius 2 is 1.53 bits per heavy atom. The van der Waals surface area contributed by atoms with E-state index in [0.717, 1.165) is 45.6 Å². The lowest BCUT2D eigenvalue weighted by atomic mass is 9.99. The van der Waals surface area contributed by atoms with Crippen LogP contribution in [0.3, 0.4) is 0 Å². The van der Waals surface area contributed by atoms with Crippen molar-refractivity contribution in [3.63, 3.8) is 0 Å². The number of nitrogens with one attached hydrogen (secondary N) is 1. The number of carboxylic acids is 1. The van der Waals surface area contributed by atoms with Gasteiger partial charge in [0.05, 0.1) is 25.2 Å². The molecule has 4 aromatic rings. The third-order valence-electron chi connectivity index (χ3n) is 7.29. The molecule has 0 saturated carbocycles. The van der Waals surface area contributed by atoms with Crippen LogP contribution in [0, 0.1) is 0 Å². The average molecular weight is 598 g/mol. The molecule has 1 aliphatic rings. The highest BCUT2D eigenvalue weighted by Crippen LogP contribution is 2.40. The van der Waals surface area contributed by atoms with Crippen LogP contribution in [-0.4, -0.2) is 33.9 Å². The van der Waals surface area contributed by atoms with Crippen LogP contribution in [0.4, 0.5) is 0 Å². The number of carbonyl (C=O) groups is 2. The Kier molecular flexibility index (Phi) is 10.6. The van der Waals surface area contributed by atoms with Crippen molar-refractivity contribution in [2.24, 2.45) is 0 Å². The monoisotopic (exact) mass is 597 g/mol. The minimum Gasteiger partial charge on any atom is -0.481 e. The van der Waals surface area contributed by atoms with Gasteiger partial charge in [-0.2, -0.15) is 0 Å². The smallest absolute Gasteiger partial charge is 0.303 e. The summed E-state index contributed by atoms with van der Waals surface area (Å²) < 4.78 is 13.0. The topological polar surface area (TPSA) is 105 Å². The molecule has 7 nitrogen and oxygen atoms in total. The molecule has 1 amide bonds. The molecule has 0 radical (unpaired) electrons. The summed E-state index contributed by atoms with van der Waals surface area (Å²) in [6.45, 7) is 0.335. The fraction of sp³-hybridized carbons (Fsp3) is 0.257. The summed E-state index contributed by atoms with van der Waals surface area (Å²) in [7, 11) is 0. The molecule has 1 aliphatic heterocycles. The molecule has 1 heterocycles. The molecule has 5 rings (SSSR count). The van der Waals surface area contributed by atoms with Crippen LogP contribution < -0.4 is 5.32 Å². The number of ether oxygens (including phenoxy) is 2. The Morgan fingerprint density at radius 3 is 2.26 bits per heavy atom. The predicted octanol–water partition coefficient (Wildman–Crippen LogP) is 6.66. The standard InChI is InChI=1S/C35H35NO6S/c37-22-24-9-11-27(12-10-24)32-20-30(23-43-31-7-2-1-3-8-31)41-35(42-32)28-15-13-26(14-16-28)29-6-4-5-25(19-29)21-36-33(38)17-18-34(39)40/h1-16,19,30,32,35,37H,17-18,20-23H2,(H,36,38)(H,39,40). The maximum absolute atomic E-state index is 11.9. The fourth-order valence-electron chi connectivity index (χ4n) is 4.93. The molecule has 4 aromatic carbocycles. The zero-order chi connectivity index (χ0) is 30.0. The molecular weight excluding hydrogens is 562 g/mol. The summed E-state index contributed by atoms with van der Waals surface area (Å²) >= 11 is 1.77. The van der Waals surface area contributed by atoms with Crippen LogP contribution in [0.15, 0.2) is 108 Å². The first-order chi connectivity index (χ1) is 21.0. The number of aliphatic hydroxyl groups excluding tert-OH is 1. The van der Waals surface area contributed by atoms with Gasteiger partial charge in [0, 0.05) is 35.6 Å². The van der Waals surface area contributed by atoms with E-state index >= 15 is 0 Å². The van der Waals surface area contributed by atoms with Crippen molar-refractivity contribution in [1.82, 2.24) is 5.32 Å². The number of aliphatic hydroxyl groups is 1. The number of aliphatic carboxylic acids is 1. The van der Waals surface area contributed by atoms with E-state index in [0.29, 0.717) is 6.54 Å². The predicted molar refractivity (Wildman–Crippen MR) is 166 cm³/mol. The molecule has 0 aliphatic carbocycles. The van der Waals surface area contributed by atoms with Gasteiger partial charge in [-0.15, -0.1) is 11.8 Å². The Bertz CT molecular complexity index is 1490. The number of carbonyl (C=O) groups excluding carboxylic acids is 1. The summed E-state index contributed by atoms with van der Waals surface area (Å²) in [5.41, 5.74) is 5.81. The van der Waals surface area contributed by atoms with Crippen molar-refractivity contribution in [3.8, 4) is 11.1 Å². The largest absolute Gasteiger partial charge is 0.481 e. The highest BCUT2D eigenvalue weighted by Gasteiger charge is 2.32. The fourth-order valence-corrected chi connectivity index (χ4v) is 5.87. The third kappa shape index (κ3) is 8.78. The number of carboxylic acid groups (broad SMARTS) is 1. The van der Waals surface area contributed by atoms with Gasteiger partial charge in [0.25, 0.3) is 0 Å². The molecule has 3 unspecified atom stereocenters. The first-order valence-corrected chi connectivity index (χ1v) is 15.3. The lowest BCUT2D eigenvalue weighted by molar-refractivity contribution is -0.245. The minimum atomic E-state index is -0.988. The summed E-state index contributed by atoms with van der Waals surface area (Å²) in [6, 6.07) is 34.2. The van der Waals surface area contributed by atoms with E-state index in [1.807, 2.05) is 91.0 Å². The Labute approximate surface area is 255 Å². The van der Waals surface area contributed by atoms with Crippen LogP contribution >= 0.6 is 11.8 Å². The molecule has 1 fully saturated rings. The van der Waals surface area contributed by atoms with Crippen molar-refractivity contribution < 1.29 is 29.3 Å². The SMILES string of the molecule is O=C(O)CCC(=O)NCc1cccc(-c2ccc(C3OC(CSc4ccccc4)CC(c4ccc(CO)cc4)O3)cc2)c1. The van der Waals surface area contributed by atoms with Crippen molar-refractivity contribution in [3.05, 3.63) is 125 Å². The highest BCUT2D eigenvalue weighted by atomic mass is 32.2. The lowest BCUT2D eigenvalue weighted by Crippen LogP contribution is -2.31. The van der Waals surface area contributed by atoms with E-state index in [9.17, 15) is 14.7 Å². The number of benzene rings is 4. The zero-order valence-corrected chi connectivity index (χ0v) is 24.5. The number of hydrogen-bond donors (Lipinski definition) is 3. The van der Waals surface area contributed by atoms with Crippen LogP contribution in [0.2, 0.25) is 0 Å².